The molecule has 0 fully saturated rings. The van der Waals surface area contributed by atoms with Gasteiger partial charge >= 0.3 is 0 Å². The lowest BCUT2D eigenvalue weighted by atomic mass is 10.1. The zero-order chi connectivity index (χ0) is 22.8. The zero-order valence-electron chi connectivity index (χ0n) is 17.8. The maximum atomic E-state index is 12.9. The molecule has 7 nitrogen and oxygen atoms in total. The summed E-state index contributed by atoms with van der Waals surface area (Å²) in [6.07, 6.45) is 0.566. The number of nitrogens with one attached hydrogen (secondary N) is 2. The van der Waals surface area contributed by atoms with Crippen molar-refractivity contribution in [3.63, 3.8) is 0 Å². The number of nitrogens with zero attached hydrogens (tertiary/aromatic N) is 2. The van der Waals surface area contributed by atoms with Gasteiger partial charge in [-0.3, -0.25) is 19.3 Å². The van der Waals surface area contributed by atoms with Crippen LogP contribution in [0.5, 0.6) is 0 Å². The van der Waals surface area contributed by atoms with Gasteiger partial charge in [0.2, 0.25) is 5.91 Å². The molecule has 0 bridgehead atoms. The van der Waals surface area contributed by atoms with Gasteiger partial charge in [-0.15, -0.1) is 0 Å². The van der Waals surface area contributed by atoms with Crippen LogP contribution >= 0.6 is 0 Å². The maximum Gasteiger partial charge on any atom is 0.261 e. The highest BCUT2D eigenvalue weighted by Crippen LogP contribution is 2.23. The van der Waals surface area contributed by atoms with E-state index in [1.165, 1.54) is 0 Å². The molecular weight excluding hydrogens is 416 g/mol. The van der Waals surface area contributed by atoms with Crippen LogP contribution in [0.4, 0.5) is 0 Å². The Balaban J connectivity index is 1.31. The minimum absolute atomic E-state index is 0.0109. The number of aromatic amines is 1. The average Bonchev–Trinajstić information content (AvgIpc) is 3.38. The van der Waals surface area contributed by atoms with Crippen molar-refractivity contribution in [3.05, 3.63) is 101 Å². The fraction of sp³-hybridized carbons (Fsp3) is 0.154. The SMILES string of the molecule is O=C(CCN1C(=O)c2ccccc2C1=O)NC(Cc1ccccc1)c1nc2ccccc2[nH]1. The Hall–Kier alpha value is -4.26. The topological polar surface area (TPSA) is 95.2 Å². The van der Waals surface area contributed by atoms with E-state index in [4.69, 9.17) is 0 Å². The van der Waals surface area contributed by atoms with Crippen molar-refractivity contribution in [2.24, 2.45) is 0 Å². The van der Waals surface area contributed by atoms with Crippen LogP contribution in [0.15, 0.2) is 78.9 Å². The monoisotopic (exact) mass is 438 g/mol. The summed E-state index contributed by atoms with van der Waals surface area (Å²) in [5.41, 5.74) is 3.54. The molecule has 1 aromatic heterocycles. The van der Waals surface area contributed by atoms with Gasteiger partial charge in [0.05, 0.1) is 28.2 Å². The molecule has 0 spiro atoms. The third-order valence-electron chi connectivity index (χ3n) is 5.80. The van der Waals surface area contributed by atoms with E-state index in [9.17, 15) is 14.4 Å². The second-order valence-corrected chi connectivity index (χ2v) is 8.01. The summed E-state index contributed by atoms with van der Waals surface area (Å²) in [4.78, 5) is 47.1. The fourth-order valence-electron chi connectivity index (χ4n) is 4.13. The van der Waals surface area contributed by atoms with Gasteiger partial charge < -0.3 is 10.3 Å². The van der Waals surface area contributed by atoms with Crippen molar-refractivity contribution < 1.29 is 14.4 Å². The van der Waals surface area contributed by atoms with E-state index in [0.717, 1.165) is 21.5 Å². The lowest BCUT2D eigenvalue weighted by Crippen LogP contribution is -2.36. The molecule has 7 heteroatoms. The summed E-state index contributed by atoms with van der Waals surface area (Å²) >= 11 is 0. The molecule has 5 rings (SSSR count). The normalized spacial score (nSPS) is 13.9. The van der Waals surface area contributed by atoms with Crippen LogP contribution in [-0.4, -0.2) is 39.1 Å². The van der Waals surface area contributed by atoms with Gasteiger partial charge in [-0.1, -0.05) is 54.6 Å². The summed E-state index contributed by atoms with van der Waals surface area (Å²) in [5.74, 6) is -0.315. The van der Waals surface area contributed by atoms with Crippen molar-refractivity contribution in [2.75, 3.05) is 6.54 Å². The minimum atomic E-state index is -0.380. The van der Waals surface area contributed by atoms with E-state index in [0.29, 0.717) is 23.4 Å². The van der Waals surface area contributed by atoms with Crippen molar-refractivity contribution in [3.8, 4) is 0 Å². The summed E-state index contributed by atoms with van der Waals surface area (Å²) in [7, 11) is 0. The largest absolute Gasteiger partial charge is 0.346 e. The van der Waals surface area contributed by atoms with Gasteiger partial charge in [0, 0.05) is 13.0 Å². The van der Waals surface area contributed by atoms with Gasteiger partial charge in [-0.2, -0.15) is 0 Å². The van der Waals surface area contributed by atoms with Crippen LogP contribution in [0.2, 0.25) is 0 Å². The zero-order valence-corrected chi connectivity index (χ0v) is 17.8. The number of aromatic nitrogens is 2. The Kier molecular flexibility index (Phi) is 5.44. The lowest BCUT2D eigenvalue weighted by molar-refractivity contribution is -0.122. The number of hydrogen-bond donors (Lipinski definition) is 2. The van der Waals surface area contributed by atoms with Gasteiger partial charge in [-0.25, -0.2) is 4.98 Å². The lowest BCUT2D eigenvalue weighted by Gasteiger charge is -2.18. The first-order valence-electron chi connectivity index (χ1n) is 10.8. The molecule has 1 unspecified atom stereocenters. The molecule has 4 aromatic rings. The van der Waals surface area contributed by atoms with E-state index in [2.05, 4.69) is 15.3 Å². The van der Waals surface area contributed by atoms with Crippen LogP contribution in [0.1, 0.15) is 44.6 Å². The average molecular weight is 438 g/mol. The number of amides is 3. The Morgan fingerprint density at radius 2 is 1.52 bits per heavy atom. The molecular formula is C26H22N4O3. The summed E-state index contributed by atoms with van der Waals surface area (Å²) < 4.78 is 0. The van der Waals surface area contributed by atoms with Crippen LogP contribution in [0.25, 0.3) is 11.0 Å². The first kappa shape index (κ1) is 20.6. The number of hydrogen-bond acceptors (Lipinski definition) is 4. The highest BCUT2D eigenvalue weighted by molar-refractivity contribution is 6.21. The predicted octanol–water partition coefficient (Wildman–Crippen LogP) is 3.65. The standard InChI is InChI=1S/C26H22N4O3/c31-23(14-15-30-25(32)18-10-4-5-11-19(18)26(30)33)27-22(16-17-8-2-1-3-9-17)24-28-20-12-6-7-13-21(20)29-24/h1-13,22H,14-16H2,(H,27,31)(H,28,29). The third-order valence-corrected chi connectivity index (χ3v) is 5.80. The highest BCUT2D eigenvalue weighted by Gasteiger charge is 2.35. The van der Waals surface area contributed by atoms with Gasteiger partial charge in [0.15, 0.2) is 0 Å². The molecule has 3 aromatic carbocycles. The number of H-pyrrole nitrogens is 1. The summed E-state index contributed by atoms with van der Waals surface area (Å²) in [6.45, 7) is 0.0242. The Bertz CT molecular complexity index is 1280. The number of imidazole rings is 1. The third kappa shape index (κ3) is 4.13. The molecule has 1 atom stereocenters. The van der Waals surface area contributed by atoms with E-state index in [-0.39, 0.29) is 36.7 Å². The Morgan fingerprint density at radius 3 is 2.21 bits per heavy atom. The first-order valence-corrected chi connectivity index (χ1v) is 10.8. The van der Waals surface area contributed by atoms with E-state index in [1.807, 2.05) is 54.6 Å². The predicted molar refractivity (Wildman–Crippen MR) is 124 cm³/mol. The second-order valence-electron chi connectivity index (χ2n) is 8.01. The number of carbonyl (C=O) groups is 3. The fourth-order valence-corrected chi connectivity index (χ4v) is 4.13. The molecule has 1 aliphatic heterocycles. The van der Waals surface area contributed by atoms with Crippen molar-refractivity contribution >= 4 is 28.8 Å². The smallest absolute Gasteiger partial charge is 0.261 e. The van der Waals surface area contributed by atoms with Gasteiger partial charge in [0.25, 0.3) is 11.8 Å². The quantitative estimate of drug-likeness (QED) is 0.431. The Labute approximate surface area is 190 Å². The van der Waals surface area contributed by atoms with Crippen molar-refractivity contribution in [2.45, 2.75) is 18.9 Å². The van der Waals surface area contributed by atoms with Gasteiger partial charge in [-0.05, 0) is 36.2 Å². The molecule has 33 heavy (non-hydrogen) atoms. The summed E-state index contributed by atoms with van der Waals surface area (Å²) in [5, 5.41) is 3.04. The number of carbonyl (C=O) groups excluding carboxylic acids is 3. The number of benzene rings is 3. The molecule has 0 saturated carbocycles. The molecule has 1 aliphatic rings. The number of para-hydroxylation sites is 2. The molecule has 164 valence electrons. The van der Waals surface area contributed by atoms with Crippen LogP contribution in [0, 0.1) is 0 Å². The van der Waals surface area contributed by atoms with Crippen molar-refractivity contribution in [1.82, 2.24) is 20.2 Å². The molecule has 0 saturated heterocycles. The minimum Gasteiger partial charge on any atom is -0.346 e. The second kappa shape index (κ2) is 8.70. The summed E-state index contributed by atoms with van der Waals surface area (Å²) in [6, 6.07) is 23.9. The maximum absolute atomic E-state index is 12.9. The molecule has 0 aliphatic carbocycles. The van der Waals surface area contributed by atoms with Crippen LogP contribution in [-0.2, 0) is 11.2 Å². The number of fused-ring (bicyclic) bond motifs is 2. The Morgan fingerprint density at radius 1 is 0.879 bits per heavy atom. The van der Waals surface area contributed by atoms with Gasteiger partial charge in [0.1, 0.15) is 5.82 Å². The number of imide groups is 1. The van der Waals surface area contributed by atoms with Crippen molar-refractivity contribution in [1.29, 1.82) is 0 Å². The molecule has 0 radical (unpaired) electrons. The molecule has 2 heterocycles. The first-order chi connectivity index (χ1) is 16.1. The van der Waals surface area contributed by atoms with E-state index in [1.54, 1.807) is 24.3 Å². The molecule has 2 N–H and O–H groups in total. The van der Waals surface area contributed by atoms with Crippen LogP contribution in [0.3, 0.4) is 0 Å². The highest BCUT2D eigenvalue weighted by atomic mass is 16.2. The van der Waals surface area contributed by atoms with E-state index < -0.39 is 0 Å². The molecule has 3 amide bonds. The van der Waals surface area contributed by atoms with E-state index >= 15 is 0 Å². The van der Waals surface area contributed by atoms with Crippen LogP contribution < -0.4 is 5.32 Å². The number of rotatable bonds is 7.